The highest BCUT2D eigenvalue weighted by atomic mass is 35.5. The summed E-state index contributed by atoms with van der Waals surface area (Å²) in [6.07, 6.45) is 0. The zero-order chi connectivity index (χ0) is 18.6. The Balaban J connectivity index is 2.80. The van der Waals surface area contributed by atoms with Gasteiger partial charge in [0.15, 0.2) is 9.84 Å². The molecule has 2 aromatic carbocycles. The molecule has 0 spiro atoms. The van der Waals surface area contributed by atoms with Crippen LogP contribution in [-0.2, 0) is 9.84 Å². The molecule has 0 saturated heterocycles. The van der Waals surface area contributed by atoms with E-state index in [1.54, 1.807) is 43.3 Å². The van der Waals surface area contributed by atoms with E-state index in [4.69, 9.17) is 25.8 Å². The molecule has 0 heterocycles. The van der Waals surface area contributed by atoms with Gasteiger partial charge in [0.1, 0.15) is 22.5 Å². The van der Waals surface area contributed by atoms with E-state index in [0.717, 1.165) is 0 Å². The number of sulfone groups is 1. The third kappa shape index (κ3) is 4.02. The number of hydrogen-bond acceptors (Lipinski definition) is 5. The molecule has 0 fully saturated rings. The molecule has 1 unspecified atom stereocenters. The van der Waals surface area contributed by atoms with Crippen molar-refractivity contribution in [2.45, 2.75) is 12.2 Å². The Morgan fingerprint density at radius 2 is 1.48 bits per heavy atom. The van der Waals surface area contributed by atoms with Gasteiger partial charge in [0.05, 0.1) is 26.9 Å². The van der Waals surface area contributed by atoms with Crippen molar-refractivity contribution in [2.75, 3.05) is 27.1 Å². The van der Waals surface area contributed by atoms with Gasteiger partial charge in [-0.05, 0) is 17.7 Å². The molecule has 0 bridgehead atoms. The van der Waals surface area contributed by atoms with E-state index in [-0.39, 0.29) is 5.75 Å². The monoisotopic (exact) mass is 384 g/mol. The van der Waals surface area contributed by atoms with E-state index in [9.17, 15) is 8.42 Å². The number of methoxy groups -OCH3 is 3. The zero-order valence-electron chi connectivity index (χ0n) is 14.6. The summed E-state index contributed by atoms with van der Waals surface area (Å²) in [5.41, 5.74) is 1.03. The van der Waals surface area contributed by atoms with E-state index in [1.165, 1.54) is 21.3 Å². The average molecular weight is 385 g/mol. The lowest BCUT2D eigenvalue weighted by atomic mass is 10.0. The van der Waals surface area contributed by atoms with Gasteiger partial charge in [0.2, 0.25) is 0 Å². The van der Waals surface area contributed by atoms with Crippen LogP contribution >= 0.6 is 11.6 Å². The summed E-state index contributed by atoms with van der Waals surface area (Å²) in [6, 6.07) is 10.0. The van der Waals surface area contributed by atoms with Crippen LogP contribution in [0.4, 0.5) is 0 Å². The van der Waals surface area contributed by atoms with Crippen LogP contribution < -0.4 is 14.2 Å². The normalized spacial score (nSPS) is 12.5. The highest BCUT2D eigenvalue weighted by Gasteiger charge is 2.33. The summed E-state index contributed by atoms with van der Waals surface area (Å²) in [5.74, 6) is 1.25. The highest BCUT2D eigenvalue weighted by molar-refractivity contribution is 7.91. The molecule has 0 saturated carbocycles. The number of rotatable bonds is 7. The Bertz CT molecular complexity index is 806. The topological polar surface area (TPSA) is 61.8 Å². The van der Waals surface area contributed by atoms with Gasteiger partial charge < -0.3 is 14.2 Å². The predicted molar refractivity (Wildman–Crippen MR) is 98.9 cm³/mol. The first-order valence-electron chi connectivity index (χ1n) is 7.64. The molecule has 1 atom stereocenters. The second-order valence-electron chi connectivity index (χ2n) is 5.33. The Kier molecular flexibility index (Phi) is 6.19. The van der Waals surface area contributed by atoms with Crippen molar-refractivity contribution >= 4 is 21.4 Å². The average Bonchev–Trinajstić information content (AvgIpc) is 2.63. The molecule has 0 radical (unpaired) electrons. The van der Waals surface area contributed by atoms with E-state index in [2.05, 4.69) is 0 Å². The lowest BCUT2D eigenvalue weighted by Gasteiger charge is -2.23. The van der Waals surface area contributed by atoms with Crippen molar-refractivity contribution in [3.05, 3.63) is 52.5 Å². The van der Waals surface area contributed by atoms with Gasteiger partial charge in [-0.2, -0.15) is 0 Å². The third-order valence-electron chi connectivity index (χ3n) is 3.95. The Labute approximate surface area is 153 Å². The van der Waals surface area contributed by atoms with Crippen LogP contribution in [0.25, 0.3) is 0 Å². The summed E-state index contributed by atoms with van der Waals surface area (Å²) >= 11 is 5.95. The largest absolute Gasteiger partial charge is 0.496 e. The van der Waals surface area contributed by atoms with Crippen LogP contribution in [-0.4, -0.2) is 35.5 Å². The molecule has 5 nitrogen and oxygen atoms in total. The van der Waals surface area contributed by atoms with Crippen molar-refractivity contribution in [1.82, 2.24) is 0 Å². The van der Waals surface area contributed by atoms with Crippen LogP contribution in [0, 0.1) is 0 Å². The van der Waals surface area contributed by atoms with Gasteiger partial charge >= 0.3 is 0 Å². The van der Waals surface area contributed by atoms with Crippen LogP contribution in [0.15, 0.2) is 36.4 Å². The molecule has 0 aliphatic rings. The molecule has 0 aliphatic heterocycles. The standard InChI is InChI=1S/C18H21ClO5S/c1-5-25(20,21)18(12-6-8-13(19)9-7-12)17-15(23-3)10-14(22-2)11-16(17)24-4/h6-11,18H,5H2,1-4H3. The first-order chi connectivity index (χ1) is 11.9. The number of hydrogen-bond donors (Lipinski definition) is 0. The predicted octanol–water partition coefficient (Wildman–Crippen LogP) is 3.89. The number of ether oxygens (including phenoxy) is 3. The highest BCUT2D eigenvalue weighted by Crippen LogP contribution is 2.44. The molecule has 0 aromatic heterocycles. The van der Waals surface area contributed by atoms with Gasteiger partial charge in [0.25, 0.3) is 0 Å². The van der Waals surface area contributed by atoms with Crippen LogP contribution in [0.3, 0.4) is 0 Å². The van der Waals surface area contributed by atoms with E-state index < -0.39 is 15.1 Å². The molecule has 0 amide bonds. The van der Waals surface area contributed by atoms with Gasteiger partial charge in [-0.25, -0.2) is 8.42 Å². The van der Waals surface area contributed by atoms with Crippen molar-refractivity contribution in [1.29, 1.82) is 0 Å². The molecule has 2 rings (SSSR count). The Morgan fingerprint density at radius 3 is 1.88 bits per heavy atom. The molecular weight excluding hydrogens is 364 g/mol. The molecule has 0 aliphatic carbocycles. The summed E-state index contributed by atoms with van der Waals surface area (Å²) in [5, 5.41) is -0.407. The van der Waals surface area contributed by atoms with E-state index >= 15 is 0 Å². The minimum absolute atomic E-state index is 0.0291. The minimum Gasteiger partial charge on any atom is -0.496 e. The second-order valence-corrected chi connectivity index (χ2v) is 8.14. The van der Waals surface area contributed by atoms with E-state index in [1.807, 2.05) is 0 Å². The fourth-order valence-electron chi connectivity index (χ4n) is 2.65. The molecule has 7 heteroatoms. The van der Waals surface area contributed by atoms with Crippen LogP contribution in [0.1, 0.15) is 23.3 Å². The fraction of sp³-hybridized carbons (Fsp3) is 0.333. The first kappa shape index (κ1) is 19.4. The maximum absolute atomic E-state index is 12.9. The quantitative estimate of drug-likeness (QED) is 0.724. The van der Waals surface area contributed by atoms with Gasteiger partial charge in [-0.15, -0.1) is 0 Å². The smallest absolute Gasteiger partial charge is 0.161 e. The minimum atomic E-state index is -3.51. The summed E-state index contributed by atoms with van der Waals surface area (Å²) < 4.78 is 41.9. The zero-order valence-corrected chi connectivity index (χ0v) is 16.1. The fourth-order valence-corrected chi connectivity index (χ4v) is 4.27. The van der Waals surface area contributed by atoms with Gasteiger partial charge in [-0.1, -0.05) is 30.7 Å². The molecular formula is C18H21ClO5S. The van der Waals surface area contributed by atoms with Gasteiger partial charge in [0, 0.05) is 22.9 Å². The lowest BCUT2D eigenvalue weighted by Crippen LogP contribution is -2.18. The van der Waals surface area contributed by atoms with E-state index in [0.29, 0.717) is 33.4 Å². The number of halogens is 1. The summed E-state index contributed by atoms with van der Waals surface area (Å²) in [4.78, 5) is 0. The maximum atomic E-state index is 12.9. The Morgan fingerprint density at radius 1 is 0.960 bits per heavy atom. The maximum Gasteiger partial charge on any atom is 0.161 e. The summed E-state index contributed by atoms with van der Waals surface area (Å²) in [6.45, 7) is 1.61. The van der Waals surface area contributed by atoms with Crippen molar-refractivity contribution < 1.29 is 22.6 Å². The van der Waals surface area contributed by atoms with Crippen molar-refractivity contribution in [2.24, 2.45) is 0 Å². The summed E-state index contributed by atoms with van der Waals surface area (Å²) in [7, 11) is 0.976. The third-order valence-corrected chi connectivity index (χ3v) is 6.23. The second kappa shape index (κ2) is 7.97. The molecule has 136 valence electrons. The number of benzene rings is 2. The lowest BCUT2D eigenvalue weighted by molar-refractivity contribution is 0.369. The Hall–Kier alpha value is -1.92. The van der Waals surface area contributed by atoms with Crippen LogP contribution in [0.5, 0.6) is 17.2 Å². The van der Waals surface area contributed by atoms with Gasteiger partial charge in [-0.3, -0.25) is 0 Å². The molecule has 25 heavy (non-hydrogen) atoms. The first-order valence-corrected chi connectivity index (χ1v) is 9.74. The molecule has 0 N–H and O–H groups in total. The SMILES string of the molecule is CCS(=O)(=O)C(c1ccc(Cl)cc1)c1c(OC)cc(OC)cc1OC. The molecule has 2 aromatic rings. The van der Waals surface area contributed by atoms with Crippen molar-refractivity contribution in [3.8, 4) is 17.2 Å². The van der Waals surface area contributed by atoms with Crippen molar-refractivity contribution in [3.63, 3.8) is 0 Å². The van der Waals surface area contributed by atoms with Crippen LogP contribution in [0.2, 0.25) is 5.02 Å².